The molecule has 1 aromatic carbocycles. The fraction of sp³-hybridized carbons (Fsp3) is 0.296. The van der Waals surface area contributed by atoms with E-state index in [-0.39, 0.29) is 24.9 Å². The second-order valence-electron chi connectivity index (χ2n) is 9.08. The SMILES string of the molecule is Cc1c(NC(=O)NCCC#N)cccc1N1C=C(Nc2ccc(C(=O)N3CCOCC3)cn2)c2nccn2C1. The van der Waals surface area contributed by atoms with E-state index in [0.29, 0.717) is 50.0 Å². The van der Waals surface area contributed by atoms with Crippen LogP contribution in [0.5, 0.6) is 0 Å². The van der Waals surface area contributed by atoms with Gasteiger partial charge >= 0.3 is 6.03 Å². The number of pyridine rings is 1. The van der Waals surface area contributed by atoms with Gasteiger partial charge in [0.05, 0.1) is 37.0 Å². The third-order valence-corrected chi connectivity index (χ3v) is 6.50. The summed E-state index contributed by atoms with van der Waals surface area (Å²) < 4.78 is 7.34. The molecule has 2 aromatic heterocycles. The number of rotatable bonds is 7. The Morgan fingerprint density at radius 2 is 2.00 bits per heavy atom. The Hall–Kier alpha value is -4.89. The number of nitrogens with zero attached hydrogens (tertiary/aromatic N) is 6. The molecule has 12 nitrogen and oxygen atoms in total. The van der Waals surface area contributed by atoms with E-state index in [1.807, 2.05) is 48.2 Å². The molecule has 2 aliphatic rings. The first-order valence-electron chi connectivity index (χ1n) is 12.6. The Kier molecular flexibility index (Phi) is 7.70. The van der Waals surface area contributed by atoms with E-state index >= 15 is 0 Å². The first kappa shape index (κ1) is 25.7. The lowest BCUT2D eigenvalue weighted by atomic mass is 10.1. The number of nitrogens with one attached hydrogen (secondary N) is 3. The molecule has 0 aliphatic carbocycles. The van der Waals surface area contributed by atoms with Crippen molar-refractivity contribution in [2.24, 2.45) is 0 Å². The third-order valence-electron chi connectivity index (χ3n) is 6.50. The van der Waals surface area contributed by atoms with Crippen molar-refractivity contribution < 1.29 is 14.3 Å². The first-order valence-corrected chi connectivity index (χ1v) is 12.6. The van der Waals surface area contributed by atoms with Crippen LogP contribution in [0.25, 0.3) is 5.70 Å². The topological polar surface area (TPSA) is 140 Å². The summed E-state index contributed by atoms with van der Waals surface area (Å²) in [7, 11) is 0. The molecule has 5 rings (SSSR count). The van der Waals surface area contributed by atoms with Gasteiger partial charge in [0.2, 0.25) is 0 Å². The largest absolute Gasteiger partial charge is 0.378 e. The number of benzene rings is 1. The zero-order valence-corrected chi connectivity index (χ0v) is 21.6. The molecule has 0 atom stereocenters. The smallest absolute Gasteiger partial charge is 0.319 e. The number of ether oxygens (including phenoxy) is 1. The third kappa shape index (κ3) is 5.83. The monoisotopic (exact) mass is 527 g/mol. The lowest BCUT2D eigenvalue weighted by Gasteiger charge is -2.30. The number of amides is 3. The van der Waals surface area contributed by atoms with Gasteiger partial charge in [-0.1, -0.05) is 6.07 Å². The number of anilines is 3. The fourth-order valence-electron chi connectivity index (χ4n) is 4.47. The molecular weight excluding hydrogens is 498 g/mol. The molecule has 200 valence electrons. The van der Waals surface area contributed by atoms with Gasteiger partial charge in [-0.3, -0.25) is 4.79 Å². The molecule has 0 radical (unpaired) electrons. The molecule has 3 N–H and O–H groups in total. The molecule has 0 unspecified atom stereocenters. The summed E-state index contributed by atoms with van der Waals surface area (Å²) in [5.74, 6) is 1.28. The van der Waals surface area contributed by atoms with Crippen LogP contribution in [0.4, 0.5) is 22.0 Å². The highest BCUT2D eigenvalue weighted by Crippen LogP contribution is 2.31. The minimum absolute atomic E-state index is 0.0568. The lowest BCUT2D eigenvalue weighted by Crippen LogP contribution is -2.40. The van der Waals surface area contributed by atoms with E-state index in [4.69, 9.17) is 10.00 Å². The second kappa shape index (κ2) is 11.7. The van der Waals surface area contributed by atoms with E-state index < -0.39 is 0 Å². The highest BCUT2D eigenvalue weighted by molar-refractivity contribution is 5.94. The van der Waals surface area contributed by atoms with Crippen molar-refractivity contribution in [2.75, 3.05) is 48.4 Å². The van der Waals surface area contributed by atoms with Gasteiger partial charge in [0, 0.05) is 55.8 Å². The van der Waals surface area contributed by atoms with Crippen LogP contribution in [0.1, 0.15) is 28.2 Å². The fourth-order valence-corrected chi connectivity index (χ4v) is 4.47. The molecule has 12 heteroatoms. The van der Waals surface area contributed by atoms with Gasteiger partial charge in [-0.15, -0.1) is 0 Å². The van der Waals surface area contributed by atoms with Crippen LogP contribution >= 0.6 is 0 Å². The van der Waals surface area contributed by atoms with E-state index in [0.717, 1.165) is 22.8 Å². The average Bonchev–Trinajstić information content (AvgIpc) is 3.44. The van der Waals surface area contributed by atoms with Crippen molar-refractivity contribution in [3.05, 3.63) is 72.1 Å². The van der Waals surface area contributed by atoms with Gasteiger partial charge in [-0.25, -0.2) is 14.8 Å². The Labute approximate surface area is 225 Å². The summed E-state index contributed by atoms with van der Waals surface area (Å²) in [6, 6.07) is 10.9. The molecule has 0 saturated carbocycles. The number of imidazole rings is 1. The van der Waals surface area contributed by atoms with Crippen molar-refractivity contribution in [1.29, 1.82) is 5.26 Å². The maximum atomic E-state index is 12.8. The number of fused-ring (bicyclic) bond motifs is 1. The predicted molar refractivity (Wildman–Crippen MR) is 146 cm³/mol. The summed E-state index contributed by atoms with van der Waals surface area (Å²) in [6.07, 6.45) is 7.41. The number of nitriles is 1. The van der Waals surface area contributed by atoms with Crippen molar-refractivity contribution in [2.45, 2.75) is 20.0 Å². The first-order chi connectivity index (χ1) is 19.0. The molecule has 0 bridgehead atoms. The number of hydrogen-bond donors (Lipinski definition) is 3. The molecule has 4 heterocycles. The minimum Gasteiger partial charge on any atom is -0.378 e. The maximum absolute atomic E-state index is 12.8. The molecule has 1 fully saturated rings. The zero-order chi connectivity index (χ0) is 27.2. The van der Waals surface area contributed by atoms with Crippen LogP contribution in [0.2, 0.25) is 0 Å². The van der Waals surface area contributed by atoms with E-state index in [1.54, 1.807) is 29.4 Å². The Morgan fingerprint density at radius 1 is 1.15 bits per heavy atom. The standard InChI is InChI=1S/C27H29N9O3/c1-19-21(33-27(38)30-9-3-8-28)4-2-5-23(19)36-17-22(25-29-10-11-35(25)18-36)32-24-7-6-20(16-31-24)26(37)34-12-14-39-15-13-34/h2,4-7,10-11,16-17H,3,9,12-15,18H2,1H3,(H,31,32)(H2,30,33,38). The summed E-state index contributed by atoms with van der Waals surface area (Å²) in [5, 5.41) is 17.6. The molecule has 0 spiro atoms. The highest BCUT2D eigenvalue weighted by atomic mass is 16.5. The van der Waals surface area contributed by atoms with E-state index in [2.05, 4.69) is 30.8 Å². The highest BCUT2D eigenvalue weighted by Gasteiger charge is 2.22. The molecule has 1 saturated heterocycles. The molecular formula is C27H29N9O3. The van der Waals surface area contributed by atoms with Crippen LogP contribution < -0.4 is 20.9 Å². The van der Waals surface area contributed by atoms with Crippen molar-refractivity contribution in [3.63, 3.8) is 0 Å². The van der Waals surface area contributed by atoms with Crippen LogP contribution in [0.15, 0.2) is 55.1 Å². The average molecular weight is 528 g/mol. The lowest BCUT2D eigenvalue weighted by molar-refractivity contribution is 0.0302. The quantitative estimate of drug-likeness (QED) is 0.399. The number of hydrogen-bond acceptors (Lipinski definition) is 8. The summed E-state index contributed by atoms with van der Waals surface area (Å²) in [5.41, 5.74) is 3.72. The maximum Gasteiger partial charge on any atom is 0.319 e. The number of urea groups is 1. The van der Waals surface area contributed by atoms with Crippen molar-refractivity contribution >= 4 is 34.8 Å². The Morgan fingerprint density at radius 3 is 2.77 bits per heavy atom. The number of carbonyl (C=O) groups is 2. The minimum atomic E-state index is -0.361. The summed E-state index contributed by atoms with van der Waals surface area (Å²) in [4.78, 5) is 37.8. The van der Waals surface area contributed by atoms with Crippen molar-refractivity contribution in [1.82, 2.24) is 24.8 Å². The van der Waals surface area contributed by atoms with Crippen LogP contribution in [0.3, 0.4) is 0 Å². The molecule has 3 amide bonds. The van der Waals surface area contributed by atoms with E-state index in [9.17, 15) is 9.59 Å². The Bertz CT molecular complexity index is 1420. The van der Waals surface area contributed by atoms with Crippen molar-refractivity contribution in [3.8, 4) is 6.07 Å². The number of morpholine rings is 1. The van der Waals surface area contributed by atoms with Crippen LogP contribution in [0, 0.1) is 18.3 Å². The van der Waals surface area contributed by atoms with Gasteiger partial charge in [-0.05, 0) is 36.8 Å². The van der Waals surface area contributed by atoms with E-state index in [1.165, 1.54) is 0 Å². The molecule has 39 heavy (non-hydrogen) atoms. The molecule has 2 aliphatic heterocycles. The number of aromatic nitrogens is 3. The predicted octanol–water partition coefficient (Wildman–Crippen LogP) is 2.98. The van der Waals surface area contributed by atoms with Gasteiger partial charge in [0.25, 0.3) is 5.91 Å². The van der Waals surface area contributed by atoms with Crippen LogP contribution in [-0.2, 0) is 11.4 Å². The summed E-state index contributed by atoms with van der Waals surface area (Å²) >= 11 is 0. The zero-order valence-electron chi connectivity index (χ0n) is 21.6. The van der Waals surface area contributed by atoms with Gasteiger partial charge in [0.1, 0.15) is 12.5 Å². The normalized spacial score (nSPS) is 14.6. The molecule has 3 aromatic rings. The van der Waals surface area contributed by atoms with Gasteiger partial charge in [-0.2, -0.15) is 5.26 Å². The second-order valence-corrected chi connectivity index (χ2v) is 9.08. The van der Waals surface area contributed by atoms with Crippen LogP contribution in [-0.4, -0.2) is 64.2 Å². The van der Waals surface area contributed by atoms with Gasteiger partial charge < -0.3 is 35.1 Å². The number of carbonyl (C=O) groups excluding carboxylic acids is 2. The summed E-state index contributed by atoms with van der Waals surface area (Å²) in [6.45, 7) is 4.99. The van der Waals surface area contributed by atoms with Gasteiger partial charge in [0.15, 0.2) is 5.82 Å². The Balaban J connectivity index is 1.34.